The maximum Gasteiger partial charge on any atom is 0.490 e. The lowest BCUT2D eigenvalue weighted by atomic mass is 9.98. The number of rotatable bonds is 5. The van der Waals surface area contributed by atoms with Crippen LogP contribution in [0.3, 0.4) is 0 Å². The van der Waals surface area contributed by atoms with Crippen molar-refractivity contribution in [3.05, 3.63) is 29.5 Å². The second kappa shape index (κ2) is 14.7. The number of amides is 1. The van der Waals surface area contributed by atoms with Gasteiger partial charge in [-0.25, -0.2) is 14.6 Å². The molecule has 2 aromatic rings. The number of piperazine rings is 1. The molecule has 2 aliphatic heterocycles. The highest BCUT2D eigenvalue weighted by atomic mass is 19.4. The Hall–Kier alpha value is -4.03. The van der Waals surface area contributed by atoms with Crippen LogP contribution in [0, 0.1) is 19.8 Å². The summed E-state index contributed by atoms with van der Waals surface area (Å²) in [7, 11) is 0. The van der Waals surface area contributed by atoms with Crippen molar-refractivity contribution in [2.24, 2.45) is 5.92 Å². The zero-order valence-corrected chi connectivity index (χ0v) is 22.6. The van der Waals surface area contributed by atoms with Gasteiger partial charge in [0.2, 0.25) is 5.91 Å². The van der Waals surface area contributed by atoms with E-state index < -0.39 is 24.3 Å². The summed E-state index contributed by atoms with van der Waals surface area (Å²) in [6, 6.07) is 0. The minimum absolute atomic E-state index is 0.0791. The maximum absolute atomic E-state index is 11.5. The van der Waals surface area contributed by atoms with Gasteiger partial charge in [0, 0.05) is 51.7 Å². The molecule has 1 atom stereocenters. The predicted octanol–water partition coefficient (Wildman–Crippen LogP) is 1.80. The van der Waals surface area contributed by atoms with E-state index in [9.17, 15) is 31.1 Å². The Morgan fingerprint density at radius 3 is 2.26 bits per heavy atom. The van der Waals surface area contributed by atoms with Gasteiger partial charge in [-0.15, -0.1) is 5.10 Å². The fourth-order valence-electron chi connectivity index (χ4n) is 4.05. The van der Waals surface area contributed by atoms with E-state index in [-0.39, 0.29) is 5.91 Å². The molecular formula is C23H30F6N8O5. The number of carbonyl (C=O) groups is 3. The zero-order valence-electron chi connectivity index (χ0n) is 22.6. The molecule has 0 aliphatic carbocycles. The number of hydrogen-bond donors (Lipinski definition) is 3. The fraction of sp³-hybridized carbons (Fsp3) is 0.609. The van der Waals surface area contributed by atoms with Crippen molar-refractivity contribution in [1.82, 2.24) is 35.2 Å². The highest BCUT2D eigenvalue weighted by Gasteiger charge is 2.38. The molecule has 4 heterocycles. The van der Waals surface area contributed by atoms with Gasteiger partial charge in [-0.05, 0) is 32.6 Å². The van der Waals surface area contributed by atoms with Gasteiger partial charge >= 0.3 is 24.3 Å². The lowest BCUT2D eigenvalue weighted by molar-refractivity contribution is -0.193. The van der Waals surface area contributed by atoms with E-state index >= 15 is 0 Å². The first-order valence-electron chi connectivity index (χ1n) is 12.5. The molecule has 3 N–H and O–H groups in total. The Balaban J connectivity index is 0.000000367. The summed E-state index contributed by atoms with van der Waals surface area (Å²) in [4.78, 5) is 42.9. The van der Waals surface area contributed by atoms with Gasteiger partial charge in [-0.1, -0.05) is 5.21 Å². The number of nitrogens with zero attached hydrogens (tertiary/aromatic N) is 7. The minimum atomic E-state index is -5.08. The highest BCUT2D eigenvalue weighted by molar-refractivity contribution is 5.78. The Labute approximate surface area is 235 Å². The predicted molar refractivity (Wildman–Crippen MR) is 132 cm³/mol. The van der Waals surface area contributed by atoms with Gasteiger partial charge in [0.25, 0.3) is 0 Å². The van der Waals surface area contributed by atoms with Gasteiger partial charge in [-0.3, -0.25) is 19.4 Å². The third-order valence-electron chi connectivity index (χ3n) is 5.89. The summed E-state index contributed by atoms with van der Waals surface area (Å²) >= 11 is 0. The summed E-state index contributed by atoms with van der Waals surface area (Å²) in [5, 5.41) is 25.7. The molecule has 0 aromatic carbocycles. The van der Waals surface area contributed by atoms with Crippen LogP contribution in [0.2, 0.25) is 0 Å². The van der Waals surface area contributed by atoms with Crippen LogP contribution in [0.4, 0.5) is 32.2 Å². The summed E-state index contributed by atoms with van der Waals surface area (Å²) in [5.74, 6) is -3.92. The standard InChI is InChI=1S/C19H28N8O.2C2HF3O2/c1-14-8-21-15(2)19(22-14)26-6-3-4-16(9-26)10-27-12-17(23-24-27)11-25-7-5-20-18(28)13-25;2*3-2(4,5)1(6)7/h8,12,16H,3-7,9-11,13H2,1-2H3,(H,20,28);2*(H,6,7). The molecule has 19 heteroatoms. The molecule has 4 rings (SSSR count). The Morgan fingerprint density at radius 2 is 1.69 bits per heavy atom. The molecule has 0 bridgehead atoms. The number of carboxylic acids is 2. The summed E-state index contributed by atoms with van der Waals surface area (Å²) in [6.45, 7) is 9.50. The van der Waals surface area contributed by atoms with E-state index in [1.54, 1.807) is 0 Å². The molecule has 2 fully saturated rings. The van der Waals surface area contributed by atoms with Crippen molar-refractivity contribution in [3.8, 4) is 0 Å². The van der Waals surface area contributed by atoms with Crippen molar-refractivity contribution in [2.75, 3.05) is 37.6 Å². The van der Waals surface area contributed by atoms with E-state index in [0.29, 0.717) is 25.6 Å². The van der Waals surface area contributed by atoms with Crippen molar-refractivity contribution in [2.45, 2.75) is 52.1 Å². The number of aromatic nitrogens is 5. The van der Waals surface area contributed by atoms with Crippen LogP contribution in [-0.4, -0.2) is 103 Å². The monoisotopic (exact) mass is 612 g/mol. The maximum atomic E-state index is 11.5. The lowest BCUT2D eigenvalue weighted by Crippen LogP contribution is -2.47. The van der Waals surface area contributed by atoms with E-state index in [4.69, 9.17) is 24.8 Å². The number of halogens is 6. The molecule has 42 heavy (non-hydrogen) atoms. The van der Waals surface area contributed by atoms with Gasteiger partial charge in [0.05, 0.1) is 23.6 Å². The number of hydrogen-bond acceptors (Lipinski definition) is 9. The molecule has 0 saturated carbocycles. The average molecular weight is 613 g/mol. The molecule has 0 radical (unpaired) electrons. The van der Waals surface area contributed by atoms with E-state index in [0.717, 1.165) is 55.5 Å². The SMILES string of the molecule is Cc1cnc(C)c(N2CCCC(Cn3cc(CN4CCNC(=O)C4)nn3)C2)n1.O=C(O)C(F)(F)F.O=C(O)C(F)(F)F. The summed E-state index contributed by atoms with van der Waals surface area (Å²) in [5.41, 5.74) is 2.86. The number of nitrogens with one attached hydrogen (secondary N) is 1. The van der Waals surface area contributed by atoms with E-state index in [1.807, 2.05) is 30.9 Å². The number of carbonyl (C=O) groups excluding carboxylic acids is 1. The summed E-state index contributed by atoms with van der Waals surface area (Å²) in [6.07, 6.45) is -4.01. The molecule has 13 nitrogen and oxygen atoms in total. The van der Waals surface area contributed by atoms with Crippen molar-refractivity contribution >= 4 is 23.7 Å². The van der Waals surface area contributed by atoms with Crippen LogP contribution in [0.5, 0.6) is 0 Å². The van der Waals surface area contributed by atoms with Gasteiger partial charge in [0.1, 0.15) is 5.82 Å². The molecule has 1 unspecified atom stereocenters. The van der Waals surface area contributed by atoms with Crippen LogP contribution >= 0.6 is 0 Å². The van der Waals surface area contributed by atoms with Crippen LogP contribution in [0.25, 0.3) is 0 Å². The Kier molecular flexibility index (Phi) is 12.0. The lowest BCUT2D eigenvalue weighted by Gasteiger charge is -2.34. The van der Waals surface area contributed by atoms with Crippen LogP contribution in [0.1, 0.15) is 29.9 Å². The van der Waals surface area contributed by atoms with Crippen LogP contribution in [-0.2, 0) is 27.5 Å². The minimum Gasteiger partial charge on any atom is -0.475 e. The Bertz CT molecular complexity index is 1200. The van der Waals surface area contributed by atoms with Crippen molar-refractivity contribution < 1.29 is 50.9 Å². The third-order valence-corrected chi connectivity index (χ3v) is 5.89. The quantitative estimate of drug-likeness (QED) is 0.422. The molecule has 1 amide bonds. The average Bonchev–Trinajstić information content (AvgIpc) is 3.31. The van der Waals surface area contributed by atoms with Gasteiger partial charge in [0.15, 0.2) is 0 Å². The first kappa shape index (κ1) is 34.2. The molecule has 234 valence electrons. The third kappa shape index (κ3) is 11.5. The molecule has 0 spiro atoms. The normalized spacial score (nSPS) is 17.8. The second-order valence-corrected chi connectivity index (χ2v) is 9.47. The van der Waals surface area contributed by atoms with E-state index in [2.05, 4.69) is 30.4 Å². The first-order chi connectivity index (χ1) is 19.5. The fourth-order valence-corrected chi connectivity index (χ4v) is 4.05. The Morgan fingerprint density at radius 1 is 1.07 bits per heavy atom. The number of aryl methyl sites for hydroxylation is 2. The smallest absolute Gasteiger partial charge is 0.475 e. The van der Waals surface area contributed by atoms with Gasteiger partial charge in [-0.2, -0.15) is 26.3 Å². The molecule has 2 aromatic heterocycles. The molecule has 2 aliphatic rings. The van der Waals surface area contributed by atoms with Crippen molar-refractivity contribution in [1.29, 1.82) is 0 Å². The number of aliphatic carboxylic acids is 2. The largest absolute Gasteiger partial charge is 0.490 e. The summed E-state index contributed by atoms with van der Waals surface area (Å²) < 4.78 is 65.4. The van der Waals surface area contributed by atoms with Crippen molar-refractivity contribution in [3.63, 3.8) is 0 Å². The topological polar surface area (TPSA) is 167 Å². The molecule has 2 saturated heterocycles. The van der Waals surface area contributed by atoms with Crippen LogP contribution < -0.4 is 10.2 Å². The van der Waals surface area contributed by atoms with Crippen LogP contribution in [0.15, 0.2) is 12.4 Å². The second-order valence-electron chi connectivity index (χ2n) is 9.47. The zero-order chi connectivity index (χ0) is 31.7. The highest BCUT2D eigenvalue weighted by Crippen LogP contribution is 2.24. The molecular weight excluding hydrogens is 582 g/mol. The first-order valence-corrected chi connectivity index (χ1v) is 12.5. The number of piperidine rings is 1. The number of carboxylic acid groups (broad SMARTS) is 2. The van der Waals surface area contributed by atoms with E-state index in [1.165, 1.54) is 6.42 Å². The van der Waals surface area contributed by atoms with Gasteiger partial charge < -0.3 is 20.4 Å². The number of alkyl halides is 6. The number of anilines is 1.